The fourth-order valence-corrected chi connectivity index (χ4v) is 2.64. The number of alkyl halides is 3. The Labute approximate surface area is 138 Å². The Bertz CT molecular complexity index is 566. The highest BCUT2D eigenvalue weighted by molar-refractivity contribution is 5.81. The number of halogens is 3. The molecule has 24 heavy (non-hydrogen) atoms. The van der Waals surface area contributed by atoms with Crippen LogP contribution in [0.25, 0.3) is 0 Å². The van der Waals surface area contributed by atoms with Crippen LogP contribution in [0.2, 0.25) is 0 Å². The van der Waals surface area contributed by atoms with Crippen LogP contribution in [0, 0.1) is 0 Å². The monoisotopic (exact) mass is 346 g/mol. The summed E-state index contributed by atoms with van der Waals surface area (Å²) in [5.41, 5.74) is 0.665. The van der Waals surface area contributed by atoms with Gasteiger partial charge >= 0.3 is 6.18 Å². The highest BCUT2D eigenvalue weighted by atomic mass is 19.4. The number of aliphatic hydroxyl groups is 1. The minimum Gasteiger partial charge on any atom is -0.481 e. The molecule has 2 rings (SSSR count). The molecule has 1 aliphatic heterocycles. The van der Waals surface area contributed by atoms with Gasteiger partial charge in [0.1, 0.15) is 5.75 Å². The van der Waals surface area contributed by atoms with Gasteiger partial charge in [-0.2, -0.15) is 13.2 Å². The van der Waals surface area contributed by atoms with Crippen molar-refractivity contribution >= 4 is 5.91 Å². The van der Waals surface area contributed by atoms with Gasteiger partial charge in [0.15, 0.2) is 6.10 Å². The van der Waals surface area contributed by atoms with Gasteiger partial charge in [0.05, 0.1) is 13.2 Å². The second-order valence-corrected chi connectivity index (χ2v) is 5.91. The Morgan fingerprint density at radius 3 is 2.92 bits per heavy atom. The fraction of sp³-hybridized carbons (Fsp3) is 0.562. The summed E-state index contributed by atoms with van der Waals surface area (Å²) in [6.07, 6.45) is -4.53. The molecule has 1 saturated heterocycles. The summed E-state index contributed by atoms with van der Waals surface area (Å²) in [6.45, 7) is 0.966. The van der Waals surface area contributed by atoms with Crippen LogP contribution in [0.3, 0.4) is 0 Å². The maximum Gasteiger partial charge on any atom is 0.401 e. The van der Waals surface area contributed by atoms with Gasteiger partial charge in [-0.25, -0.2) is 0 Å². The Kier molecular flexibility index (Phi) is 6.06. The predicted molar refractivity (Wildman–Crippen MR) is 81.5 cm³/mol. The number of hydrogen-bond donors (Lipinski definition) is 2. The maximum atomic E-state index is 12.4. The Morgan fingerprint density at radius 1 is 1.50 bits per heavy atom. The smallest absolute Gasteiger partial charge is 0.401 e. The van der Waals surface area contributed by atoms with Crippen LogP contribution < -0.4 is 10.1 Å². The van der Waals surface area contributed by atoms with Gasteiger partial charge in [-0.15, -0.1) is 0 Å². The molecular weight excluding hydrogens is 325 g/mol. The van der Waals surface area contributed by atoms with E-state index in [1.54, 1.807) is 31.2 Å². The first-order valence-corrected chi connectivity index (χ1v) is 7.73. The van der Waals surface area contributed by atoms with E-state index in [1.807, 2.05) is 0 Å². The number of aliphatic hydroxyl groups excluding tert-OH is 1. The van der Waals surface area contributed by atoms with Gasteiger partial charge in [-0.1, -0.05) is 12.1 Å². The lowest BCUT2D eigenvalue weighted by molar-refractivity contribution is -0.143. The molecule has 0 aliphatic carbocycles. The normalized spacial score (nSPS) is 20.0. The van der Waals surface area contributed by atoms with Crippen molar-refractivity contribution in [2.45, 2.75) is 38.3 Å². The molecule has 1 aromatic rings. The van der Waals surface area contributed by atoms with Crippen molar-refractivity contribution in [1.82, 2.24) is 10.2 Å². The quantitative estimate of drug-likeness (QED) is 0.823. The molecule has 134 valence electrons. The van der Waals surface area contributed by atoms with Gasteiger partial charge in [-0.3, -0.25) is 9.69 Å². The first-order chi connectivity index (χ1) is 11.3. The van der Waals surface area contributed by atoms with E-state index in [0.717, 1.165) is 0 Å². The third-order valence-corrected chi connectivity index (χ3v) is 3.78. The molecule has 2 atom stereocenters. The lowest BCUT2D eigenvalue weighted by Gasteiger charge is -2.20. The SMILES string of the molecule is CC(Oc1cccc(CO)c1)C(=O)NC1CCN(CC(F)(F)F)C1. The fourth-order valence-electron chi connectivity index (χ4n) is 2.64. The molecule has 1 fully saturated rings. The van der Waals surface area contributed by atoms with E-state index in [4.69, 9.17) is 9.84 Å². The molecule has 0 aromatic heterocycles. The first kappa shape index (κ1) is 18.5. The number of carbonyl (C=O) groups is 1. The van der Waals surface area contributed by atoms with Crippen LogP contribution in [0.15, 0.2) is 24.3 Å². The van der Waals surface area contributed by atoms with Crippen LogP contribution in [0.5, 0.6) is 5.75 Å². The van der Waals surface area contributed by atoms with Crippen molar-refractivity contribution in [3.63, 3.8) is 0 Å². The zero-order valence-corrected chi connectivity index (χ0v) is 13.3. The van der Waals surface area contributed by atoms with E-state index >= 15 is 0 Å². The van der Waals surface area contributed by atoms with Crippen LogP contribution in [-0.2, 0) is 11.4 Å². The molecule has 0 spiro atoms. The first-order valence-electron chi connectivity index (χ1n) is 7.73. The van der Waals surface area contributed by atoms with Gasteiger partial charge < -0.3 is 15.2 Å². The standard InChI is InChI=1S/C16H21F3N2O3/c1-11(24-14-4-2-3-12(7-14)9-22)15(23)20-13-5-6-21(8-13)10-16(17,18)19/h2-4,7,11,13,22H,5-6,8-10H2,1H3,(H,20,23). The number of nitrogens with one attached hydrogen (secondary N) is 1. The van der Waals surface area contributed by atoms with E-state index < -0.39 is 18.8 Å². The molecule has 8 heteroatoms. The van der Waals surface area contributed by atoms with E-state index in [0.29, 0.717) is 24.3 Å². The highest BCUT2D eigenvalue weighted by Crippen LogP contribution is 2.20. The molecular formula is C16H21F3N2O3. The molecule has 0 saturated carbocycles. The minimum absolute atomic E-state index is 0.130. The third-order valence-electron chi connectivity index (χ3n) is 3.78. The zero-order chi connectivity index (χ0) is 17.7. The van der Waals surface area contributed by atoms with Crippen molar-refractivity contribution in [3.05, 3.63) is 29.8 Å². The van der Waals surface area contributed by atoms with Crippen molar-refractivity contribution in [2.75, 3.05) is 19.6 Å². The van der Waals surface area contributed by atoms with Crippen LogP contribution in [0.4, 0.5) is 13.2 Å². The number of amides is 1. The lowest BCUT2D eigenvalue weighted by Crippen LogP contribution is -2.44. The molecule has 0 radical (unpaired) electrons. The lowest BCUT2D eigenvalue weighted by atomic mass is 10.2. The highest BCUT2D eigenvalue weighted by Gasteiger charge is 2.35. The second-order valence-electron chi connectivity index (χ2n) is 5.91. The largest absolute Gasteiger partial charge is 0.481 e. The Balaban J connectivity index is 1.81. The summed E-state index contributed by atoms with van der Waals surface area (Å²) in [5, 5.41) is 11.8. The molecule has 0 bridgehead atoms. The summed E-state index contributed by atoms with van der Waals surface area (Å²) in [5.74, 6) is 0.0811. The van der Waals surface area contributed by atoms with Gasteiger partial charge in [-0.05, 0) is 31.0 Å². The van der Waals surface area contributed by atoms with Crippen LogP contribution in [0.1, 0.15) is 18.9 Å². The summed E-state index contributed by atoms with van der Waals surface area (Å²) in [7, 11) is 0. The number of benzene rings is 1. The van der Waals surface area contributed by atoms with E-state index in [-0.39, 0.29) is 25.1 Å². The molecule has 1 heterocycles. The second kappa shape index (κ2) is 7.85. The molecule has 2 unspecified atom stereocenters. The maximum absolute atomic E-state index is 12.4. The number of rotatable bonds is 6. The summed E-state index contributed by atoms with van der Waals surface area (Å²) < 4.78 is 42.6. The van der Waals surface area contributed by atoms with E-state index in [2.05, 4.69) is 5.32 Å². The summed E-state index contributed by atoms with van der Waals surface area (Å²) >= 11 is 0. The average molecular weight is 346 g/mol. The predicted octanol–water partition coefficient (Wildman–Crippen LogP) is 1.70. The van der Waals surface area contributed by atoms with Gasteiger partial charge in [0.25, 0.3) is 5.91 Å². The Hall–Kier alpha value is -1.80. The topological polar surface area (TPSA) is 61.8 Å². The Morgan fingerprint density at radius 2 is 2.25 bits per heavy atom. The number of ether oxygens (including phenoxy) is 1. The molecule has 1 amide bonds. The van der Waals surface area contributed by atoms with E-state index in [9.17, 15) is 18.0 Å². The molecule has 5 nitrogen and oxygen atoms in total. The molecule has 2 N–H and O–H groups in total. The third kappa shape index (κ3) is 5.68. The van der Waals surface area contributed by atoms with E-state index in [1.165, 1.54) is 4.90 Å². The van der Waals surface area contributed by atoms with Crippen LogP contribution in [-0.4, -0.2) is 53.9 Å². The molecule has 1 aromatic carbocycles. The summed E-state index contributed by atoms with van der Waals surface area (Å²) in [4.78, 5) is 13.4. The number of hydrogen-bond acceptors (Lipinski definition) is 4. The van der Waals surface area contributed by atoms with Crippen molar-refractivity contribution in [1.29, 1.82) is 0 Å². The van der Waals surface area contributed by atoms with Crippen molar-refractivity contribution in [3.8, 4) is 5.75 Å². The summed E-state index contributed by atoms with van der Waals surface area (Å²) in [6, 6.07) is 6.42. The average Bonchev–Trinajstić information content (AvgIpc) is 2.92. The van der Waals surface area contributed by atoms with Crippen molar-refractivity contribution < 1.29 is 27.8 Å². The number of likely N-dealkylation sites (tertiary alicyclic amines) is 1. The molecule has 1 aliphatic rings. The minimum atomic E-state index is -4.23. The van der Waals surface area contributed by atoms with Crippen LogP contribution >= 0.6 is 0 Å². The van der Waals surface area contributed by atoms with Crippen molar-refractivity contribution in [2.24, 2.45) is 0 Å². The zero-order valence-electron chi connectivity index (χ0n) is 13.3. The number of nitrogens with zero attached hydrogens (tertiary/aromatic N) is 1. The van der Waals surface area contributed by atoms with Gasteiger partial charge in [0, 0.05) is 19.1 Å². The van der Waals surface area contributed by atoms with Gasteiger partial charge in [0.2, 0.25) is 0 Å². The number of carbonyl (C=O) groups excluding carboxylic acids is 1.